The van der Waals surface area contributed by atoms with Crippen LogP contribution < -0.4 is 5.32 Å². The maximum absolute atomic E-state index is 12.9. The Hall–Kier alpha value is -1.07. The molecule has 0 bridgehead atoms. The maximum Gasteiger partial charge on any atom is 0.416 e. The molecule has 118 valence electrons. The molecule has 1 unspecified atom stereocenters. The minimum atomic E-state index is -4.28. The second kappa shape index (κ2) is 6.79. The molecule has 5 heteroatoms. The second-order valence-corrected chi connectivity index (χ2v) is 6.03. The monoisotopic (exact) mass is 300 g/mol. The molecule has 21 heavy (non-hydrogen) atoms. The summed E-state index contributed by atoms with van der Waals surface area (Å²) in [6, 6.07) is 6.32. The summed E-state index contributed by atoms with van der Waals surface area (Å²) in [7, 11) is 0. The highest BCUT2D eigenvalue weighted by molar-refractivity contribution is 5.29. The Morgan fingerprint density at radius 3 is 2.62 bits per heavy atom. The molecule has 1 aromatic carbocycles. The molecule has 1 aliphatic rings. The van der Waals surface area contributed by atoms with Crippen molar-refractivity contribution in [2.24, 2.45) is 5.92 Å². The van der Waals surface area contributed by atoms with Gasteiger partial charge in [0.15, 0.2) is 0 Å². The van der Waals surface area contributed by atoms with Gasteiger partial charge < -0.3 is 10.2 Å². The van der Waals surface area contributed by atoms with Gasteiger partial charge in [0.1, 0.15) is 0 Å². The number of hydrogen-bond acceptors (Lipinski definition) is 2. The van der Waals surface area contributed by atoms with Crippen LogP contribution in [-0.4, -0.2) is 30.6 Å². The third kappa shape index (κ3) is 4.45. The molecule has 0 radical (unpaired) electrons. The van der Waals surface area contributed by atoms with Gasteiger partial charge in [-0.15, -0.1) is 0 Å². The minimum Gasteiger partial charge on any atom is -0.312 e. The van der Waals surface area contributed by atoms with E-state index in [1.807, 2.05) is 0 Å². The topological polar surface area (TPSA) is 15.3 Å². The van der Waals surface area contributed by atoms with Crippen LogP contribution in [-0.2, 0) is 12.7 Å². The average Bonchev–Trinajstić information content (AvgIpc) is 2.87. The number of nitrogens with one attached hydrogen (secondary N) is 1. The summed E-state index contributed by atoms with van der Waals surface area (Å²) in [5.41, 5.74) is -0.212. The summed E-state index contributed by atoms with van der Waals surface area (Å²) in [5.74, 6) is 0.533. The van der Waals surface area contributed by atoms with E-state index in [1.54, 1.807) is 12.1 Å². The fraction of sp³-hybridized carbons (Fsp3) is 0.625. The molecule has 0 aromatic heterocycles. The standard InChI is InChI=1S/C16H23F3N2/c1-12(2)21-8-7-13(11-21)9-20-10-14-5-3-4-6-15(14)16(17,18)19/h3-6,12-13,20H,7-11H2,1-2H3. The van der Waals surface area contributed by atoms with Gasteiger partial charge in [0, 0.05) is 19.1 Å². The van der Waals surface area contributed by atoms with E-state index in [1.165, 1.54) is 6.07 Å². The fourth-order valence-electron chi connectivity index (χ4n) is 2.86. The predicted molar refractivity (Wildman–Crippen MR) is 78.0 cm³/mol. The fourth-order valence-corrected chi connectivity index (χ4v) is 2.86. The van der Waals surface area contributed by atoms with Crippen molar-refractivity contribution in [3.05, 3.63) is 35.4 Å². The maximum atomic E-state index is 12.9. The van der Waals surface area contributed by atoms with Gasteiger partial charge in [0.2, 0.25) is 0 Å². The SMILES string of the molecule is CC(C)N1CCC(CNCc2ccccc2C(F)(F)F)C1. The minimum absolute atomic E-state index is 0.272. The van der Waals surface area contributed by atoms with Gasteiger partial charge >= 0.3 is 6.18 Å². The largest absolute Gasteiger partial charge is 0.416 e. The number of alkyl halides is 3. The van der Waals surface area contributed by atoms with Crippen LogP contribution in [0.4, 0.5) is 13.2 Å². The lowest BCUT2D eigenvalue weighted by molar-refractivity contribution is -0.138. The summed E-state index contributed by atoms with van der Waals surface area (Å²) in [4.78, 5) is 2.41. The highest BCUT2D eigenvalue weighted by Gasteiger charge is 2.32. The van der Waals surface area contributed by atoms with Crippen LogP contribution in [0, 0.1) is 5.92 Å². The summed E-state index contributed by atoms with van der Waals surface area (Å²) in [5, 5.41) is 3.19. The average molecular weight is 300 g/mol. The Morgan fingerprint density at radius 1 is 1.29 bits per heavy atom. The first-order valence-electron chi connectivity index (χ1n) is 7.48. The molecule has 0 spiro atoms. The van der Waals surface area contributed by atoms with E-state index < -0.39 is 11.7 Å². The lowest BCUT2D eigenvalue weighted by Crippen LogP contribution is -2.30. The Labute approximate surface area is 124 Å². The third-order valence-electron chi connectivity index (χ3n) is 4.12. The van der Waals surface area contributed by atoms with Crippen molar-refractivity contribution in [1.82, 2.24) is 10.2 Å². The van der Waals surface area contributed by atoms with Crippen molar-refractivity contribution in [3.8, 4) is 0 Å². The Kier molecular flexibility index (Phi) is 5.27. The van der Waals surface area contributed by atoms with E-state index in [2.05, 4.69) is 24.1 Å². The smallest absolute Gasteiger partial charge is 0.312 e. The molecule has 1 aliphatic heterocycles. The van der Waals surface area contributed by atoms with Crippen molar-refractivity contribution in [3.63, 3.8) is 0 Å². The van der Waals surface area contributed by atoms with Crippen LogP contribution in [0.5, 0.6) is 0 Å². The van der Waals surface area contributed by atoms with Crippen molar-refractivity contribution >= 4 is 0 Å². The van der Waals surface area contributed by atoms with Crippen LogP contribution in [0.1, 0.15) is 31.4 Å². The van der Waals surface area contributed by atoms with Crippen LogP contribution in [0.25, 0.3) is 0 Å². The second-order valence-electron chi connectivity index (χ2n) is 6.03. The van der Waals surface area contributed by atoms with Crippen molar-refractivity contribution in [1.29, 1.82) is 0 Å². The molecule has 0 amide bonds. The van der Waals surface area contributed by atoms with Crippen LogP contribution in [0.15, 0.2) is 24.3 Å². The summed E-state index contributed by atoms with van der Waals surface area (Å²) >= 11 is 0. The Bertz CT molecular complexity index is 457. The van der Waals surface area contributed by atoms with Gasteiger partial charge in [-0.25, -0.2) is 0 Å². The van der Waals surface area contributed by atoms with E-state index in [0.717, 1.165) is 32.1 Å². The van der Waals surface area contributed by atoms with Crippen molar-refractivity contribution in [2.45, 2.75) is 39.0 Å². The summed E-state index contributed by atoms with van der Waals surface area (Å²) in [6.07, 6.45) is -3.16. The molecular formula is C16H23F3N2. The Morgan fingerprint density at radius 2 is 2.00 bits per heavy atom. The van der Waals surface area contributed by atoms with Gasteiger partial charge in [-0.05, 0) is 50.9 Å². The van der Waals surface area contributed by atoms with Crippen LogP contribution in [0.3, 0.4) is 0 Å². The number of halogens is 3. The molecule has 1 atom stereocenters. The van der Waals surface area contributed by atoms with Gasteiger partial charge in [0.05, 0.1) is 5.56 Å². The molecule has 0 saturated carbocycles. The van der Waals surface area contributed by atoms with E-state index in [4.69, 9.17) is 0 Å². The van der Waals surface area contributed by atoms with E-state index in [9.17, 15) is 13.2 Å². The van der Waals surface area contributed by atoms with Crippen LogP contribution >= 0.6 is 0 Å². The molecule has 1 saturated heterocycles. The first-order valence-corrected chi connectivity index (χ1v) is 7.48. The number of rotatable bonds is 5. The zero-order valence-corrected chi connectivity index (χ0v) is 12.6. The molecule has 1 heterocycles. The molecule has 1 aromatic rings. The lowest BCUT2D eigenvalue weighted by Gasteiger charge is -2.20. The van der Waals surface area contributed by atoms with E-state index >= 15 is 0 Å². The Balaban J connectivity index is 1.85. The predicted octanol–water partition coefficient (Wildman–Crippen LogP) is 3.53. The van der Waals surface area contributed by atoms with Gasteiger partial charge in [-0.2, -0.15) is 13.2 Å². The number of benzene rings is 1. The first kappa shape index (κ1) is 16.3. The normalized spacial score (nSPS) is 20.4. The van der Waals surface area contributed by atoms with E-state index in [-0.39, 0.29) is 6.54 Å². The quantitative estimate of drug-likeness (QED) is 0.895. The van der Waals surface area contributed by atoms with Gasteiger partial charge in [-0.1, -0.05) is 18.2 Å². The molecular weight excluding hydrogens is 277 g/mol. The molecule has 1 N–H and O–H groups in total. The first-order chi connectivity index (χ1) is 9.88. The third-order valence-corrected chi connectivity index (χ3v) is 4.12. The van der Waals surface area contributed by atoms with Gasteiger partial charge in [-0.3, -0.25) is 0 Å². The summed E-state index contributed by atoms with van der Waals surface area (Å²) in [6.45, 7) is 7.52. The van der Waals surface area contributed by atoms with Gasteiger partial charge in [0.25, 0.3) is 0 Å². The number of nitrogens with zero attached hydrogens (tertiary/aromatic N) is 1. The highest BCUT2D eigenvalue weighted by Crippen LogP contribution is 2.31. The van der Waals surface area contributed by atoms with Crippen molar-refractivity contribution < 1.29 is 13.2 Å². The van der Waals surface area contributed by atoms with Crippen LogP contribution in [0.2, 0.25) is 0 Å². The molecule has 0 aliphatic carbocycles. The molecule has 1 fully saturated rings. The summed E-state index contributed by atoms with van der Waals surface area (Å²) < 4.78 is 38.6. The van der Waals surface area contributed by atoms with Crippen molar-refractivity contribution in [2.75, 3.05) is 19.6 Å². The molecule has 2 nitrogen and oxygen atoms in total. The van der Waals surface area contributed by atoms with E-state index in [0.29, 0.717) is 17.5 Å². The zero-order valence-electron chi connectivity index (χ0n) is 12.6. The number of likely N-dealkylation sites (tertiary alicyclic amines) is 1. The highest BCUT2D eigenvalue weighted by atomic mass is 19.4. The lowest BCUT2D eigenvalue weighted by atomic mass is 10.1. The zero-order chi connectivity index (χ0) is 15.5. The molecule has 2 rings (SSSR count). The number of hydrogen-bond donors (Lipinski definition) is 1.